The summed E-state index contributed by atoms with van der Waals surface area (Å²) in [5.74, 6) is -0.113. The van der Waals surface area contributed by atoms with Gasteiger partial charge in [-0.1, -0.05) is 41.9 Å². The van der Waals surface area contributed by atoms with Crippen molar-refractivity contribution < 1.29 is 8.42 Å². The lowest BCUT2D eigenvalue weighted by Gasteiger charge is -2.28. The summed E-state index contributed by atoms with van der Waals surface area (Å²) in [4.78, 5) is 2.38. The van der Waals surface area contributed by atoms with E-state index >= 15 is 0 Å². The quantitative estimate of drug-likeness (QED) is 0.827. The van der Waals surface area contributed by atoms with Crippen molar-refractivity contribution in [3.8, 4) is 0 Å². The molecule has 134 valence electrons. The molecule has 1 N–H and O–H groups in total. The maximum Gasteiger partial charge on any atom is 0.216 e. The van der Waals surface area contributed by atoms with Crippen LogP contribution in [0.4, 0.5) is 5.69 Å². The van der Waals surface area contributed by atoms with Gasteiger partial charge in [-0.3, -0.25) is 0 Å². The van der Waals surface area contributed by atoms with Gasteiger partial charge in [0.15, 0.2) is 0 Å². The van der Waals surface area contributed by atoms with Crippen molar-refractivity contribution in [1.29, 1.82) is 0 Å². The molecule has 2 aromatic carbocycles. The summed E-state index contributed by atoms with van der Waals surface area (Å²) in [6, 6.07) is 15.1. The van der Waals surface area contributed by atoms with E-state index in [0.717, 1.165) is 18.7 Å². The second-order valence-corrected chi connectivity index (χ2v) is 8.60. The largest absolute Gasteiger partial charge is 0.372 e. The van der Waals surface area contributed by atoms with Crippen LogP contribution in [-0.2, 0) is 22.3 Å². The maximum absolute atomic E-state index is 12.3. The number of nitrogens with zero attached hydrogens (tertiary/aromatic N) is 1. The van der Waals surface area contributed by atoms with Crippen molar-refractivity contribution in [2.45, 2.75) is 31.6 Å². The van der Waals surface area contributed by atoms with E-state index in [0.29, 0.717) is 10.6 Å². The number of anilines is 1. The van der Waals surface area contributed by atoms with Crippen LogP contribution in [0.15, 0.2) is 48.5 Å². The molecule has 0 bridgehead atoms. The molecule has 0 atom stereocenters. The molecule has 1 aliphatic heterocycles. The van der Waals surface area contributed by atoms with E-state index < -0.39 is 10.0 Å². The molecule has 0 aliphatic carbocycles. The Labute approximate surface area is 154 Å². The molecule has 0 amide bonds. The second kappa shape index (κ2) is 8.21. The van der Waals surface area contributed by atoms with Crippen molar-refractivity contribution >= 4 is 27.3 Å². The summed E-state index contributed by atoms with van der Waals surface area (Å²) in [7, 11) is -3.43. The molecule has 4 nitrogen and oxygen atoms in total. The first-order valence-electron chi connectivity index (χ1n) is 8.58. The van der Waals surface area contributed by atoms with Gasteiger partial charge in [-0.2, -0.15) is 0 Å². The number of benzene rings is 2. The van der Waals surface area contributed by atoms with E-state index in [9.17, 15) is 8.42 Å². The van der Waals surface area contributed by atoms with Crippen molar-refractivity contribution in [2.75, 3.05) is 18.0 Å². The standard InChI is InChI=1S/C19H23ClN2O2S/c20-19-7-3-2-6-17(19)15-25(23,24)21-14-16-8-10-18(11-9-16)22-12-4-1-5-13-22/h2-3,6-11,21H,1,4-5,12-15H2. The lowest BCUT2D eigenvalue weighted by atomic mass is 10.1. The van der Waals surface area contributed by atoms with Crippen LogP contribution in [0, 0.1) is 0 Å². The van der Waals surface area contributed by atoms with Crippen LogP contribution in [0.3, 0.4) is 0 Å². The minimum Gasteiger partial charge on any atom is -0.372 e. The van der Waals surface area contributed by atoms with Crippen LogP contribution >= 0.6 is 11.6 Å². The van der Waals surface area contributed by atoms with Gasteiger partial charge in [0.1, 0.15) is 0 Å². The number of sulfonamides is 1. The average Bonchev–Trinajstić information content (AvgIpc) is 2.63. The Hall–Kier alpha value is -1.56. The minimum atomic E-state index is -3.43. The van der Waals surface area contributed by atoms with Crippen molar-refractivity contribution in [1.82, 2.24) is 4.72 Å². The highest BCUT2D eigenvalue weighted by Gasteiger charge is 2.14. The maximum atomic E-state index is 12.3. The average molecular weight is 379 g/mol. The lowest BCUT2D eigenvalue weighted by molar-refractivity contribution is 0.577. The molecule has 0 spiro atoms. The van der Waals surface area contributed by atoms with Gasteiger partial charge in [-0.25, -0.2) is 13.1 Å². The van der Waals surface area contributed by atoms with Crippen molar-refractivity contribution in [3.63, 3.8) is 0 Å². The Morgan fingerprint density at radius 1 is 0.960 bits per heavy atom. The van der Waals surface area contributed by atoms with Gasteiger partial charge in [0, 0.05) is 30.3 Å². The topological polar surface area (TPSA) is 49.4 Å². The Balaban J connectivity index is 1.58. The molecule has 1 heterocycles. The molecule has 2 aromatic rings. The van der Waals surface area contributed by atoms with Gasteiger partial charge in [0.25, 0.3) is 0 Å². The van der Waals surface area contributed by atoms with E-state index in [1.54, 1.807) is 24.3 Å². The third-order valence-electron chi connectivity index (χ3n) is 4.46. The third kappa shape index (κ3) is 5.21. The summed E-state index contributed by atoms with van der Waals surface area (Å²) in [5, 5.41) is 0.471. The smallest absolute Gasteiger partial charge is 0.216 e. The summed E-state index contributed by atoms with van der Waals surface area (Å²) in [6.45, 7) is 2.49. The molecule has 0 radical (unpaired) electrons. The summed E-state index contributed by atoms with van der Waals surface area (Å²) in [5.41, 5.74) is 2.77. The zero-order chi connectivity index (χ0) is 17.7. The van der Waals surface area contributed by atoms with Gasteiger partial charge in [-0.15, -0.1) is 0 Å². The number of halogens is 1. The highest BCUT2D eigenvalue weighted by Crippen LogP contribution is 2.21. The molecule has 0 saturated carbocycles. The molecule has 0 unspecified atom stereocenters. The first kappa shape index (κ1) is 18.2. The zero-order valence-electron chi connectivity index (χ0n) is 14.1. The predicted molar refractivity (Wildman–Crippen MR) is 103 cm³/mol. The molecular weight excluding hydrogens is 356 g/mol. The second-order valence-electron chi connectivity index (χ2n) is 6.39. The number of hydrogen-bond donors (Lipinski definition) is 1. The highest BCUT2D eigenvalue weighted by atomic mass is 35.5. The van der Waals surface area contributed by atoms with Crippen LogP contribution in [0.1, 0.15) is 30.4 Å². The summed E-state index contributed by atoms with van der Waals surface area (Å²) in [6.07, 6.45) is 3.79. The Bertz CT molecular complexity index is 800. The normalized spacial score (nSPS) is 15.3. The number of hydrogen-bond acceptors (Lipinski definition) is 3. The molecule has 1 aliphatic rings. The number of piperidine rings is 1. The van der Waals surface area contributed by atoms with E-state index in [1.807, 2.05) is 12.1 Å². The fourth-order valence-corrected chi connectivity index (χ4v) is 4.47. The molecule has 1 saturated heterocycles. The predicted octanol–water partition coefficient (Wildman–Crippen LogP) is 3.95. The van der Waals surface area contributed by atoms with Crippen LogP contribution in [0.25, 0.3) is 0 Å². The Morgan fingerprint density at radius 3 is 2.32 bits per heavy atom. The zero-order valence-corrected chi connectivity index (χ0v) is 15.7. The van der Waals surface area contributed by atoms with Crippen molar-refractivity contribution in [3.05, 3.63) is 64.7 Å². The molecular formula is C19H23ClN2O2S. The summed E-state index contributed by atoms with van der Waals surface area (Å²) >= 11 is 6.04. The lowest BCUT2D eigenvalue weighted by Crippen LogP contribution is -2.29. The van der Waals surface area contributed by atoms with Crippen molar-refractivity contribution in [2.24, 2.45) is 0 Å². The van der Waals surface area contributed by atoms with Gasteiger partial charge < -0.3 is 4.90 Å². The Kier molecular flexibility index (Phi) is 5.99. The Morgan fingerprint density at radius 2 is 1.64 bits per heavy atom. The van der Waals surface area contributed by atoms with Gasteiger partial charge >= 0.3 is 0 Å². The highest BCUT2D eigenvalue weighted by molar-refractivity contribution is 7.88. The summed E-state index contributed by atoms with van der Waals surface area (Å²) < 4.78 is 27.2. The molecule has 0 aromatic heterocycles. The van der Waals surface area contributed by atoms with E-state index in [1.165, 1.54) is 24.9 Å². The van der Waals surface area contributed by atoms with E-state index in [2.05, 4.69) is 21.8 Å². The first-order valence-corrected chi connectivity index (χ1v) is 10.6. The fraction of sp³-hybridized carbons (Fsp3) is 0.368. The molecule has 25 heavy (non-hydrogen) atoms. The first-order chi connectivity index (χ1) is 12.0. The SMILES string of the molecule is O=S(=O)(Cc1ccccc1Cl)NCc1ccc(N2CCCCC2)cc1. The molecule has 1 fully saturated rings. The van der Waals surface area contributed by atoms with Gasteiger partial charge in [0.05, 0.1) is 5.75 Å². The van der Waals surface area contributed by atoms with Crippen LogP contribution < -0.4 is 9.62 Å². The molecule has 3 rings (SSSR count). The third-order valence-corrected chi connectivity index (χ3v) is 6.10. The van der Waals surface area contributed by atoms with Gasteiger partial charge in [-0.05, 0) is 48.6 Å². The molecule has 6 heteroatoms. The van der Waals surface area contributed by atoms with Crippen LogP contribution in [0.5, 0.6) is 0 Å². The number of rotatable bonds is 6. The van der Waals surface area contributed by atoms with Gasteiger partial charge in [0.2, 0.25) is 10.0 Å². The fourth-order valence-electron chi connectivity index (χ4n) is 3.04. The van der Waals surface area contributed by atoms with E-state index in [-0.39, 0.29) is 12.3 Å². The minimum absolute atomic E-state index is 0.113. The van der Waals surface area contributed by atoms with Crippen LogP contribution in [-0.4, -0.2) is 21.5 Å². The monoisotopic (exact) mass is 378 g/mol. The number of nitrogens with one attached hydrogen (secondary N) is 1. The van der Waals surface area contributed by atoms with E-state index in [4.69, 9.17) is 11.6 Å². The van der Waals surface area contributed by atoms with Crippen LogP contribution in [0.2, 0.25) is 5.02 Å².